The number of rotatable bonds is 5. The largest absolute Gasteiger partial charge is 0.336 e. The molecule has 0 saturated carbocycles. The van der Waals surface area contributed by atoms with E-state index in [9.17, 15) is 4.79 Å². The minimum absolute atomic E-state index is 0. The zero-order valence-electron chi connectivity index (χ0n) is 14.2. The fourth-order valence-electron chi connectivity index (χ4n) is 3.08. The Morgan fingerprint density at radius 1 is 0.958 bits per heavy atom. The zero-order valence-corrected chi connectivity index (χ0v) is 15.0. The Balaban J connectivity index is 0.00000208. The van der Waals surface area contributed by atoms with Crippen LogP contribution in [0.4, 0.5) is 4.79 Å². The van der Waals surface area contributed by atoms with Gasteiger partial charge in [-0.05, 0) is 25.2 Å². The Kier molecular flexibility index (Phi) is 6.23. The van der Waals surface area contributed by atoms with Crippen molar-refractivity contribution < 1.29 is 4.79 Å². The molecule has 0 spiro atoms. The third-order valence-electron chi connectivity index (χ3n) is 4.38. The predicted octanol–water partition coefficient (Wildman–Crippen LogP) is 4.12. The lowest BCUT2D eigenvalue weighted by atomic mass is 10.2. The maximum absolute atomic E-state index is 12.7. The van der Waals surface area contributed by atoms with Gasteiger partial charge < -0.3 is 10.2 Å². The molecule has 0 atom stereocenters. The number of carbonyl (C=O) groups is 1. The molecule has 1 N–H and O–H groups in total. The number of hydrogen-bond acceptors (Lipinski definition) is 2. The van der Waals surface area contributed by atoms with Crippen molar-refractivity contribution in [2.24, 2.45) is 0 Å². The van der Waals surface area contributed by atoms with E-state index in [0.29, 0.717) is 6.54 Å². The smallest absolute Gasteiger partial charge is 0.326 e. The van der Waals surface area contributed by atoms with E-state index in [1.54, 1.807) is 4.57 Å². The zero-order chi connectivity index (χ0) is 16.2. The summed E-state index contributed by atoms with van der Waals surface area (Å²) in [5, 5.41) is 5.28. The van der Waals surface area contributed by atoms with Crippen molar-refractivity contribution in [1.82, 2.24) is 14.8 Å². The summed E-state index contributed by atoms with van der Waals surface area (Å²) in [5.41, 5.74) is 1.91. The highest BCUT2D eigenvalue weighted by atomic mass is 35.5. The molecule has 0 aliphatic heterocycles. The van der Waals surface area contributed by atoms with Gasteiger partial charge >= 0.3 is 6.03 Å². The van der Waals surface area contributed by atoms with Crippen molar-refractivity contribution in [3.05, 3.63) is 48.5 Å². The second-order valence-electron chi connectivity index (χ2n) is 5.63. The van der Waals surface area contributed by atoms with Crippen LogP contribution in [0.25, 0.3) is 21.8 Å². The highest BCUT2D eigenvalue weighted by Crippen LogP contribution is 2.28. The topological polar surface area (TPSA) is 37.3 Å². The van der Waals surface area contributed by atoms with Crippen LogP contribution in [0.5, 0.6) is 0 Å². The molecule has 1 aromatic heterocycles. The van der Waals surface area contributed by atoms with Crippen LogP contribution in [0.3, 0.4) is 0 Å². The first-order chi connectivity index (χ1) is 11.3. The minimum Gasteiger partial charge on any atom is -0.336 e. The molecule has 0 aliphatic carbocycles. The molecule has 0 bridgehead atoms. The molecule has 5 heteroatoms. The number of benzene rings is 2. The summed E-state index contributed by atoms with van der Waals surface area (Å²) in [6, 6.07) is 16.0. The van der Waals surface area contributed by atoms with Gasteiger partial charge in [0.05, 0.1) is 11.0 Å². The summed E-state index contributed by atoms with van der Waals surface area (Å²) >= 11 is 0. The third kappa shape index (κ3) is 3.40. The van der Waals surface area contributed by atoms with Crippen LogP contribution in [0, 0.1) is 0 Å². The Hall–Kier alpha value is -2.04. The van der Waals surface area contributed by atoms with Crippen molar-refractivity contribution in [2.75, 3.05) is 26.2 Å². The second-order valence-corrected chi connectivity index (χ2v) is 5.63. The lowest BCUT2D eigenvalue weighted by molar-refractivity contribution is 0.240. The van der Waals surface area contributed by atoms with Crippen molar-refractivity contribution in [3.63, 3.8) is 0 Å². The normalized spacial score (nSPS) is 11.0. The summed E-state index contributed by atoms with van der Waals surface area (Å²) in [6.45, 7) is 7.80. The van der Waals surface area contributed by atoms with Crippen LogP contribution >= 0.6 is 12.4 Å². The van der Waals surface area contributed by atoms with Gasteiger partial charge in [0.2, 0.25) is 0 Å². The molecule has 0 unspecified atom stereocenters. The number of fused-ring (bicyclic) bond motifs is 3. The monoisotopic (exact) mass is 345 g/mol. The van der Waals surface area contributed by atoms with Crippen molar-refractivity contribution in [1.29, 1.82) is 0 Å². The number of likely N-dealkylation sites (N-methyl/N-ethyl adjacent to an activating group) is 1. The summed E-state index contributed by atoms with van der Waals surface area (Å²) in [4.78, 5) is 15.0. The second kappa shape index (κ2) is 8.18. The molecule has 4 nitrogen and oxygen atoms in total. The maximum atomic E-state index is 12.7. The number of nitrogens with one attached hydrogen (secondary N) is 1. The average molecular weight is 346 g/mol. The van der Waals surface area contributed by atoms with E-state index >= 15 is 0 Å². The molecular formula is C19H24ClN3O. The molecule has 1 amide bonds. The Bertz CT molecular complexity index is 770. The average Bonchev–Trinajstić information content (AvgIpc) is 2.93. The molecular weight excluding hydrogens is 322 g/mol. The third-order valence-corrected chi connectivity index (χ3v) is 4.38. The van der Waals surface area contributed by atoms with E-state index in [1.807, 2.05) is 36.4 Å². The van der Waals surface area contributed by atoms with Crippen LogP contribution in [0.15, 0.2) is 48.5 Å². The van der Waals surface area contributed by atoms with Crippen LogP contribution in [0.1, 0.15) is 13.8 Å². The van der Waals surface area contributed by atoms with Gasteiger partial charge in [-0.15, -0.1) is 12.4 Å². The van der Waals surface area contributed by atoms with Crippen LogP contribution in [-0.4, -0.2) is 41.7 Å². The lowest BCUT2D eigenvalue weighted by Crippen LogP contribution is -2.36. The first kappa shape index (κ1) is 18.3. The molecule has 1 heterocycles. The van der Waals surface area contributed by atoms with Gasteiger partial charge in [0.25, 0.3) is 0 Å². The van der Waals surface area contributed by atoms with E-state index in [1.165, 1.54) is 0 Å². The molecule has 24 heavy (non-hydrogen) atoms. The quantitative estimate of drug-likeness (QED) is 0.755. The highest BCUT2D eigenvalue weighted by molar-refractivity contribution is 6.13. The molecule has 3 aromatic rings. The molecule has 0 fully saturated rings. The lowest BCUT2D eigenvalue weighted by Gasteiger charge is -2.18. The van der Waals surface area contributed by atoms with Gasteiger partial charge in [-0.25, -0.2) is 4.79 Å². The highest BCUT2D eigenvalue weighted by Gasteiger charge is 2.14. The van der Waals surface area contributed by atoms with E-state index in [2.05, 4.69) is 36.2 Å². The Labute approximate surface area is 148 Å². The van der Waals surface area contributed by atoms with Crippen molar-refractivity contribution in [2.45, 2.75) is 13.8 Å². The number of amides is 1. The van der Waals surface area contributed by atoms with E-state index < -0.39 is 0 Å². The molecule has 0 aliphatic rings. The minimum atomic E-state index is -0.0606. The molecule has 0 radical (unpaired) electrons. The SMILES string of the molecule is CCN(CC)CCNC(=O)n1c2ccccc2c2ccccc21.Cl. The number of aromatic nitrogens is 1. The first-order valence-corrected chi connectivity index (χ1v) is 8.25. The van der Waals surface area contributed by atoms with Crippen molar-refractivity contribution >= 4 is 40.2 Å². The molecule has 3 rings (SSSR count). The Morgan fingerprint density at radius 3 is 1.96 bits per heavy atom. The Morgan fingerprint density at radius 2 is 1.46 bits per heavy atom. The predicted molar refractivity (Wildman–Crippen MR) is 103 cm³/mol. The molecule has 2 aromatic carbocycles. The number of carbonyl (C=O) groups excluding carboxylic acids is 1. The summed E-state index contributed by atoms with van der Waals surface area (Å²) in [6.07, 6.45) is 0. The van der Waals surface area contributed by atoms with E-state index in [0.717, 1.165) is 41.4 Å². The summed E-state index contributed by atoms with van der Waals surface area (Å²) < 4.78 is 1.78. The number of para-hydroxylation sites is 2. The first-order valence-electron chi connectivity index (χ1n) is 8.25. The van der Waals surface area contributed by atoms with Gasteiger partial charge in [-0.2, -0.15) is 0 Å². The standard InChI is InChI=1S/C19H23N3O.ClH/c1-3-21(4-2)14-13-20-19(23)22-17-11-7-5-9-15(17)16-10-6-8-12-18(16)22;/h5-12H,3-4,13-14H2,1-2H3,(H,20,23);1H. The number of nitrogens with zero attached hydrogens (tertiary/aromatic N) is 2. The number of hydrogen-bond donors (Lipinski definition) is 1. The maximum Gasteiger partial charge on any atom is 0.326 e. The summed E-state index contributed by atoms with van der Waals surface area (Å²) in [5.74, 6) is 0. The number of halogens is 1. The van der Waals surface area contributed by atoms with E-state index in [-0.39, 0.29) is 18.4 Å². The van der Waals surface area contributed by atoms with E-state index in [4.69, 9.17) is 0 Å². The van der Waals surface area contributed by atoms with Gasteiger partial charge in [0.15, 0.2) is 0 Å². The molecule has 128 valence electrons. The van der Waals surface area contributed by atoms with Gasteiger partial charge in [0.1, 0.15) is 0 Å². The van der Waals surface area contributed by atoms with Crippen LogP contribution < -0.4 is 5.32 Å². The van der Waals surface area contributed by atoms with Gasteiger partial charge in [-0.3, -0.25) is 4.57 Å². The van der Waals surface area contributed by atoms with Crippen molar-refractivity contribution in [3.8, 4) is 0 Å². The molecule has 0 saturated heterocycles. The summed E-state index contributed by atoms with van der Waals surface area (Å²) in [7, 11) is 0. The van der Waals surface area contributed by atoms with Crippen LogP contribution in [0.2, 0.25) is 0 Å². The fourth-order valence-corrected chi connectivity index (χ4v) is 3.08. The fraction of sp³-hybridized carbons (Fsp3) is 0.316. The van der Waals surface area contributed by atoms with Crippen LogP contribution in [-0.2, 0) is 0 Å². The van der Waals surface area contributed by atoms with Gasteiger partial charge in [-0.1, -0.05) is 50.2 Å². The van der Waals surface area contributed by atoms with Gasteiger partial charge in [0, 0.05) is 23.9 Å².